The highest BCUT2D eigenvalue weighted by Crippen LogP contribution is 2.31. The molecule has 1 aliphatic rings. The fraction of sp³-hybridized carbons (Fsp3) is 0.400. The fourth-order valence-electron chi connectivity index (χ4n) is 1.78. The van der Waals surface area contributed by atoms with Gasteiger partial charge in [0, 0.05) is 12.7 Å². The van der Waals surface area contributed by atoms with E-state index in [1.807, 2.05) is 0 Å². The third-order valence-corrected chi connectivity index (χ3v) is 2.76. The van der Waals surface area contributed by atoms with Gasteiger partial charge in [-0.15, -0.1) is 5.10 Å². The standard InChI is InChI=1S/C10H10FN3O/c11-9-8-7(3-4-12-10(8)15)14(13-9)5-6-1-2-6/h3-4,6H,1-2,5H2,(H,12,15). The van der Waals surface area contributed by atoms with Crippen LogP contribution in [-0.4, -0.2) is 14.8 Å². The number of hydrogen-bond acceptors (Lipinski definition) is 2. The Bertz CT molecular complexity index is 568. The summed E-state index contributed by atoms with van der Waals surface area (Å²) < 4.78 is 15.0. The Labute approximate surface area is 84.7 Å². The number of hydrogen-bond donors (Lipinski definition) is 1. The predicted octanol–water partition coefficient (Wildman–Crippen LogP) is 1.27. The van der Waals surface area contributed by atoms with Crippen LogP contribution in [0.2, 0.25) is 0 Å². The lowest BCUT2D eigenvalue weighted by atomic mass is 10.3. The van der Waals surface area contributed by atoms with Crippen LogP contribution < -0.4 is 5.56 Å². The molecular formula is C10H10FN3O. The molecule has 3 rings (SSSR count). The lowest BCUT2D eigenvalue weighted by molar-refractivity contribution is 0.511. The summed E-state index contributed by atoms with van der Waals surface area (Å²) in [5.41, 5.74) is 0.176. The number of H-pyrrole nitrogens is 1. The summed E-state index contributed by atoms with van der Waals surface area (Å²) in [4.78, 5) is 13.8. The summed E-state index contributed by atoms with van der Waals surface area (Å²) in [6.45, 7) is 0.712. The van der Waals surface area contributed by atoms with E-state index in [4.69, 9.17) is 0 Å². The normalized spacial score (nSPS) is 16.1. The Morgan fingerprint density at radius 2 is 2.40 bits per heavy atom. The number of nitrogens with one attached hydrogen (secondary N) is 1. The van der Waals surface area contributed by atoms with Crippen molar-refractivity contribution in [3.8, 4) is 0 Å². The number of rotatable bonds is 2. The summed E-state index contributed by atoms with van der Waals surface area (Å²) in [7, 11) is 0. The van der Waals surface area contributed by atoms with Crippen molar-refractivity contribution in [2.45, 2.75) is 19.4 Å². The zero-order valence-electron chi connectivity index (χ0n) is 8.03. The van der Waals surface area contributed by atoms with Gasteiger partial charge in [0.1, 0.15) is 5.39 Å². The molecule has 0 amide bonds. The maximum absolute atomic E-state index is 13.4. The molecule has 0 atom stereocenters. The number of nitrogens with zero attached hydrogens (tertiary/aromatic N) is 2. The lowest BCUT2D eigenvalue weighted by Crippen LogP contribution is -2.06. The molecule has 0 aromatic carbocycles. The summed E-state index contributed by atoms with van der Waals surface area (Å²) in [6, 6.07) is 1.69. The van der Waals surface area contributed by atoms with Gasteiger partial charge >= 0.3 is 0 Å². The molecule has 1 saturated carbocycles. The van der Waals surface area contributed by atoms with Gasteiger partial charge in [0.15, 0.2) is 0 Å². The molecule has 0 aliphatic heterocycles. The molecule has 4 nitrogen and oxygen atoms in total. The summed E-state index contributed by atoms with van der Waals surface area (Å²) in [5, 5.41) is 3.83. The molecule has 0 bridgehead atoms. The monoisotopic (exact) mass is 207 g/mol. The Hall–Kier alpha value is -1.65. The first-order valence-corrected chi connectivity index (χ1v) is 4.99. The third kappa shape index (κ3) is 1.35. The fourth-order valence-corrected chi connectivity index (χ4v) is 1.78. The summed E-state index contributed by atoms with van der Waals surface area (Å²) >= 11 is 0. The molecule has 1 aliphatic carbocycles. The van der Waals surface area contributed by atoms with Crippen LogP contribution in [0.15, 0.2) is 17.1 Å². The van der Waals surface area contributed by atoms with Gasteiger partial charge < -0.3 is 4.98 Å². The highest BCUT2D eigenvalue weighted by molar-refractivity contribution is 5.77. The quantitative estimate of drug-likeness (QED) is 0.806. The number of aromatic amines is 1. The summed E-state index contributed by atoms with van der Waals surface area (Å²) in [6.07, 6.45) is 3.87. The molecule has 0 spiro atoms. The zero-order chi connectivity index (χ0) is 10.4. The van der Waals surface area contributed by atoms with Crippen molar-refractivity contribution in [2.75, 3.05) is 0 Å². The molecule has 2 aromatic heterocycles. The first-order chi connectivity index (χ1) is 7.25. The number of halogens is 1. The van der Waals surface area contributed by atoms with Crippen LogP contribution in [-0.2, 0) is 6.54 Å². The van der Waals surface area contributed by atoms with E-state index < -0.39 is 11.5 Å². The predicted molar refractivity (Wildman–Crippen MR) is 53.0 cm³/mol. The lowest BCUT2D eigenvalue weighted by Gasteiger charge is -1.99. The largest absolute Gasteiger partial charge is 0.328 e. The van der Waals surface area contributed by atoms with Crippen LogP contribution in [0.1, 0.15) is 12.8 Å². The van der Waals surface area contributed by atoms with E-state index in [0.717, 1.165) is 0 Å². The van der Waals surface area contributed by atoms with Crippen molar-refractivity contribution in [1.29, 1.82) is 0 Å². The Morgan fingerprint density at radius 3 is 3.13 bits per heavy atom. The van der Waals surface area contributed by atoms with Gasteiger partial charge in [-0.1, -0.05) is 0 Å². The van der Waals surface area contributed by atoms with E-state index in [1.165, 1.54) is 19.0 Å². The first-order valence-electron chi connectivity index (χ1n) is 4.99. The number of fused-ring (bicyclic) bond motifs is 1. The second kappa shape index (κ2) is 2.92. The van der Waals surface area contributed by atoms with Gasteiger partial charge in [0.25, 0.3) is 5.56 Å². The van der Waals surface area contributed by atoms with Gasteiger partial charge in [0.2, 0.25) is 5.95 Å². The minimum Gasteiger partial charge on any atom is -0.328 e. The second-order valence-corrected chi connectivity index (χ2v) is 3.98. The Morgan fingerprint density at radius 1 is 1.60 bits per heavy atom. The van der Waals surface area contributed by atoms with Crippen LogP contribution in [0.5, 0.6) is 0 Å². The van der Waals surface area contributed by atoms with Crippen LogP contribution in [0.4, 0.5) is 4.39 Å². The molecule has 0 saturated heterocycles. The van der Waals surface area contributed by atoms with Crippen LogP contribution in [0.3, 0.4) is 0 Å². The van der Waals surface area contributed by atoms with Crippen molar-refractivity contribution in [1.82, 2.24) is 14.8 Å². The smallest absolute Gasteiger partial charge is 0.262 e. The van der Waals surface area contributed by atoms with Crippen LogP contribution in [0.25, 0.3) is 10.9 Å². The maximum Gasteiger partial charge on any atom is 0.262 e. The highest BCUT2D eigenvalue weighted by Gasteiger charge is 2.24. The van der Waals surface area contributed by atoms with Crippen molar-refractivity contribution < 1.29 is 4.39 Å². The molecule has 1 N–H and O–H groups in total. The third-order valence-electron chi connectivity index (χ3n) is 2.76. The molecule has 2 heterocycles. The van der Waals surface area contributed by atoms with Gasteiger partial charge in [-0.05, 0) is 24.8 Å². The van der Waals surface area contributed by atoms with Crippen LogP contribution >= 0.6 is 0 Å². The molecule has 0 radical (unpaired) electrons. The van der Waals surface area contributed by atoms with Crippen molar-refractivity contribution in [2.24, 2.45) is 5.92 Å². The van der Waals surface area contributed by atoms with E-state index >= 15 is 0 Å². The molecule has 2 aromatic rings. The average molecular weight is 207 g/mol. The SMILES string of the molecule is O=c1[nH]ccc2c1c(F)nn2CC1CC1. The van der Waals surface area contributed by atoms with Gasteiger partial charge in [-0.2, -0.15) is 4.39 Å². The van der Waals surface area contributed by atoms with E-state index in [0.29, 0.717) is 18.0 Å². The van der Waals surface area contributed by atoms with Gasteiger partial charge in [-0.3, -0.25) is 9.48 Å². The van der Waals surface area contributed by atoms with Gasteiger partial charge in [-0.25, -0.2) is 0 Å². The minimum absolute atomic E-state index is 0.0677. The molecule has 0 unspecified atom stereocenters. The van der Waals surface area contributed by atoms with Crippen molar-refractivity contribution >= 4 is 10.9 Å². The highest BCUT2D eigenvalue weighted by atomic mass is 19.1. The summed E-state index contributed by atoms with van der Waals surface area (Å²) in [5.74, 6) is -0.0701. The number of aromatic nitrogens is 3. The Kier molecular flexibility index (Phi) is 1.68. The molecule has 15 heavy (non-hydrogen) atoms. The Balaban J connectivity index is 2.22. The molecular weight excluding hydrogens is 197 g/mol. The van der Waals surface area contributed by atoms with Gasteiger partial charge in [0.05, 0.1) is 5.52 Å². The average Bonchev–Trinajstić information content (AvgIpc) is 2.94. The first kappa shape index (κ1) is 8.64. The van der Waals surface area contributed by atoms with E-state index in [9.17, 15) is 9.18 Å². The van der Waals surface area contributed by atoms with E-state index in [2.05, 4.69) is 10.1 Å². The maximum atomic E-state index is 13.4. The van der Waals surface area contributed by atoms with Crippen LogP contribution in [0, 0.1) is 11.9 Å². The van der Waals surface area contributed by atoms with E-state index in [-0.39, 0.29) is 5.39 Å². The molecule has 5 heteroatoms. The minimum atomic E-state index is -0.674. The van der Waals surface area contributed by atoms with Crippen molar-refractivity contribution in [3.05, 3.63) is 28.6 Å². The second-order valence-electron chi connectivity index (χ2n) is 3.98. The van der Waals surface area contributed by atoms with Crippen molar-refractivity contribution in [3.63, 3.8) is 0 Å². The zero-order valence-corrected chi connectivity index (χ0v) is 8.03. The van der Waals surface area contributed by atoms with E-state index in [1.54, 1.807) is 10.7 Å². The molecule has 78 valence electrons. The topological polar surface area (TPSA) is 50.7 Å². The number of pyridine rings is 1. The molecule has 1 fully saturated rings.